The predicted molar refractivity (Wildman–Crippen MR) is 91.6 cm³/mol. The average molecular weight is 332 g/mol. The summed E-state index contributed by atoms with van der Waals surface area (Å²) in [4.78, 5) is 12.2. The molecule has 2 aliphatic rings. The zero-order valence-electron chi connectivity index (χ0n) is 15.1. The van der Waals surface area contributed by atoms with E-state index in [1.54, 1.807) is 13.0 Å². The van der Waals surface area contributed by atoms with Crippen molar-refractivity contribution in [3.05, 3.63) is 34.8 Å². The molecule has 0 radical (unpaired) electrons. The van der Waals surface area contributed by atoms with Crippen LogP contribution in [0.3, 0.4) is 0 Å². The van der Waals surface area contributed by atoms with Gasteiger partial charge in [-0.1, -0.05) is 13.0 Å². The zero-order chi connectivity index (χ0) is 17.5. The molecule has 1 heterocycles. The normalized spacial score (nSPS) is 32.9. The summed E-state index contributed by atoms with van der Waals surface area (Å²) in [6.07, 6.45) is 6.96. The first-order valence-corrected chi connectivity index (χ1v) is 8.93. The van der Waals surface area contributed by atoms with Gasteiger partial charge in [0.1, 0.15) is 11.9 Å². The summed E-state index contributed by atoms with van der Waals surface area (Å²) in [7, 11) is 0. The lowest BCUT2D eigenvalue weighted by atomic mass is 9.54. The quantitative estimate of drug-likeness (QED) is 0.679. The van der Waals surface area contributed by atoms with E-state index in [0.717, 1.165) is 37.0 Å². The highest BCUT2D eigenvalue weighted by Crippen LogP contribution is 2.53. The molecule has 0 aliphatic heterocycles. The SMILES string of the molecule is CC=C(C)C(=O)O[C@@H]1CC[C@H]2Cc3occ(C)c3C[C@@]2(CO)[C@@H]1C. The molecule has 0 unspecified atom stereocenters. The molecule has 4 heteroatoms. The highest BCUT2D eigenvalue weighted by Gasteiger charge is 2.53. The maximum absolute atomic E-state index is 12.2. The number of hydrogen-bond acceptors (Lipinski definition) is 4. The predicted octanol–water partition coefficient (Wildman–Crippen LogP) is 3.59. The van der Waals surface area contributed by atoms with Crippen molar-refractivity contribution in [2.45, 2.75) is 59.5 Å². The van der Waals surface area contributed by atoms with E-state index in [1.165, 1.54) is 5.56 Å². The maximum Gasteiger partial charge on any atom is 0.333 e. The number of allylic oxidation sites excluding steroid dienone is 1. The highest BCUT2D eigenvalue weighted by atomic mass is 16.5. The van der Waals surface area contributed by atoms with E-state index in [-0.39, 0.29) is 30.0 Å². The van der Waals surface area contributed by atoms with Gasteiger partial charge in [0.05, 0.1) is 6.26 Å². The molecular formula is C20H28O4. The second-order valence-corrected chi connectivity index (χ2v) is 7.57. The molecule has 4 atom stereocenters. The van der Waals surface area contributed by atoms with Crippen LogP contribution in [-0.4, -0.2) is 23.8 Å². The molecule has 0 spiro atoms. The summed E-state index contributed by atoms with van der Waals surface area (Å²) < 4.78 is 11.5. The lowest BCUT2D eigenvalue weighted by Crippen LogP contribution is -2.53. The van der Waals surface area contributed by atoms with Gasteiger partial charge in [-0.15, -0.1) is 0 Å². The van der Waals surface area contributed by atoms with E-state index < -0.39 is 0 Å². The lowest BCUT2D eigenvalue weighted by Gasteiger charge is -2.52. The molecule has 3 rings (SSSR count). The number of furan rings is 1. The highest BCUT2D eigenvalue weighted by molar-refractivity contribution is 5.87. The largest absolute Gasteiger partial charge is 0.469 e. The minimum absolute atomic E-state index is 0.123. The number of esters is 1. The topological polar surface area (TPSA) is 59.7 Å². The fourth-order valence-corrected chi connectivity index (χ4v) is 4.58. The second-order valence-electron chi connectivity index (χ2n) is 7.57. The number of aliphatic hydroxyl groups is 1. The number of carbonyl (C=O) groups excluding carboxylic acids is 1. The summed E-state index contributed by atoms with van der Waals surface area (Å²) in [5, 5.41) is 10.3. The summed E-state index contributed by atoms with van der Waals surface area (Å²) >= 11 is 0. The van der Waals surface area contributed by atoms with Crippen LogP contribution in [0.25, 0.3) is 0 Å². The first-order valence-electron chi connectivity index (χ1n) is 8.93. The van der Waals surface area contributed by atoms with Crippen LogP contribution in [0.4, 0.5) is 0 Å². The van der Waals surface area contributed by atoms with Crippen LogP contribution in [-0.2, 0) is 22.4 Å². The molecule has 1 aromatic heterocycles. The fraction of sp³-hybridized carbons (Fsp3) is 0.650. The van der Waals surface area contributed by atoms with Gasteiger partial charge in [0.25, 0.3) is 0 Å². The van der Waals surface area contributed by atoms with E-state index in [4.69, 9.17) is 9.15 Å². The molecule has 1 saturated carbocycles. The summed E-state index contributed by atoms with van der Waals surface area (Å²) in [6, 6.07) is 0. The van der Waals surface area contributed by atoms with Crippen LogP contribution in [0.15, 0.2) is 22.3 Å². The number of fused-ring (bicyclic) bond motifs is 2. The molecule has 2 aliphatic carbocycles. The molecule has 132 valence electrons. The number of hydrogen-bond donors (Lipinski definition) is 1. The summed E-state index contributed by atoms with van der Waals surface area (Å²) in [6.45, 7) is 7.94. The van der Waals surface area contributed by atoms with Crippen LogP contribution in [0.2, 0.25) is 0 Å². The van der Waals surface area contributed by atoms with Crippen LogP contribution in [0.1, 0.15) is 50.5 Å². The lowest BCUT2D eigenvalue weighted by molar-refractivity contribution is -0.160. The Morgan fingerprint density at radius 1 is 1.50 bits per heavy atom. The van der Waals surface area contributed by atoms with Crippen LogP contribution in [0, 0.1) is 24.2 Å². The van der Waals surface area contributed by atoms with Gasteiger partial charge >= 0.3 is 5.97 Å². The molecule has 4 nitrogen and oxygen atoms in total. The molecule has 0 aromatic carbocycles. The van der Waals surface area contributed by atoms with Crippen LogP contribution >= 0.6 is 0 Å². The van der Waals surface area contributed by atoms with Gasteiger partial charge in [0.2, 0.25) is 0 Å². The Hall–Kier alpha value is -1.55. The Kier molecular flexibility index (Phi) is 4.60. The van der Waals surface area contributed by atoms with Gasteiger partial charge in [-0.05, 0) is 57.1 Å². The van der Waals surface area contributed by atoms with Crippen molar-refractivity contribution < 1.29 is 19.1 Å². The first kappa shape index (κ1) is 17.3. The van der Waals surface area contributed by atoms with Gasteiger partial charge in [0.15, 0.2) is 0 Å². The standard InChI is InChI=1S/C20H28O4/c1-5-12(2)19(22)24-17-7-6-15-8-18-16(13(3)10-23-18)9-20(15,11-21)14(17)4/h5,10,14-15,17,21H,6-9,11H2,1-4H3/t14-,15+,17-,20-/m1/s1. The number of rotatable bonds is 3. The third-order valence-corrected chi connectivity index (χ3v) is 6.51. The molecule has 1 fully saturated rings. The van der Waals surface area contributed by atoms with Crippen molar-refractivity contribution in [2.24, 2.45) is 17.3 Å². The van der Waals surface area contributed by atoms with E-state index in [2.05, 4.69) is 13.8 Å². The number of aliphatic hydroxyl groups excluding tert-OH is 1. The molecule has 1 aromatic rings. The van der Waals surface area contributed by atoms with E-state index in [0.29, 0.717) is 11.5 Å². The number of aryl methyl sites for hydroxylation is 1. The summed E-state index contributed by atoms with van der Waals surface area (Å²) in [5.74, 6) is 1.34. The first-order chi connectivity index (χ1) is 11.4. The van der Waals surface area contributed by atoms with Crippen molar-refractivity contribution in [1.29, 1.82) is 0 Å². The van der Waals surface area contributed by atoms with Crippen molar-refractivity contribution in [1.82, 2.24) is 0 Å². The third kappa shape index (κ3) is 2.61. The smallest absolute Gasteiger partial charge is 0.333 e. The van der Waals surface area contributed by atoms with Crippen molar-refractivity contribution in [3.8, 4) is 0 Å². The zero-order valence-corrected chi connectivity index (χ0v) is 15.1. The van der Waals surface area contributed by atoms with E-state index in [9.17, 15) is 9.90 Å². The van der Waals surface area contributed by atoms with Crippen LogP contribution < -0.4 is 0 Å². The van der Waals surface area contributed by atoms with E-state index >= 15 is 0 Å². The molecule has 1 N–H and O–H groups in total. The van der Waals surface area contributed by atoms with Gasteiger partial charge in [-0.2, -0.15) is 0 Å². The van der Waals surface area contributed by atoms with Crippen molar-refractivity contribution in [2.75, 3.05) is 6.61 Å². The van der Waals surface area contributed by atoms with Gasteiger partial charge in [0, 0.05) is 29.9 Å². The minimum atomic E-state index is -0.239. The number of carbonyl (C=O) groups is 1. The Labute approximate surface area is 143 Å². The maximum atomic E-state index is 12.2. The third-order valence-electron chi connectivity index (χ3n) is 6.51. The van der Waals surface area contributed by atoms with Gasteiger partial charge in [-0.25, -0.2) is 4.79 Å². The van der Waals surface area contributed by atoms with Gasteiger partial charge in [-0.3, -0.25) is 0 Å². The Bertz CT molecular complexity index is 657. The molecule has 24 heavy (non-hydrogen) atoms. The summed E-state index contributed by atoms with van der Waals surface area (Å²) in [5.41, 5.74) is 2.81. The molecule has 0 saturated heterocycles. The molecule has 0 amide bonds. The number of ether oxygens (including phenoxy) is 1. The van der Waals surface area contributed by atoms with E-state index in [1.807, 2.05) is 13.2 Å². The van der Waals surface area contributed by atoms with Crippen LogP contribution in [0.5, 0.6) is 0 Å². The van der Waals surface area contributed by atoms with Crippen molar-refractivity contribution >= 4 is 5.97 Å². The monoisotopic (exact) mass is 332 g/mol. The Balaban J connectivity index is 1.87. The average Bonchev–Trinajstić information content (AvgIpc) is 2.95. The molecular weight excluding hydrogens is 304 g/mol. The second kappa shape index (κ2) is 6.40. The van der Waals surface area contributed by atoms with Crippen molar-refractivity contribution in [3.63, 3.8) is 0 Å². The fourth-order valence-electron chi connectivity index (χ4n) is 4.58. The Morgan fingerprint density at radius 2 is 2.25 bits per heavy atom. The Morgan fingerprint density at radius 3 is 2.92 bits per heavy atom. The molecule has 0 bridgehead atoms. The van der Waals surface area contributed by atoms with Gasteiger partial charge < -0.3 is 14.3 Å². The minimum Gasteiger partial charge on any atom is -0.469 e.